The van der Waals surface area contributed by atoms with E-state index in [1.807, 2.05) is 0 Å². The molecule has 10 heteroatoms. The highest BCUT2D eigenvalue weighted by Crippen LogP contribution is 2.05. The molecule has 0 saturated heterocycles. The average Bonchev–Trinajstić information content (AvgIpc) is 1.94. The van der Waals surface area contributed by atoms with E-state index in [4.69, 9.17) is 29.0 Å². The maximum absolute atomic E-state index is 8.74. The van der Waals surface area contributed by atoms with Crippen LogP contribution in [0, 0.1) is 4.77 Å². The minimum atomic E-state index is -4.67. The fourth-order valence-corrected chi connectivity index (χ4v) is 0.580. The number of nitrogens with two attached hydrogens (primary N) is 2. The number of aromatic nitrogens is 2. The Kier molecular flexibility index (Phi) is 4.43. The van der Waals surface area contributed by atoms with Crippen LogP contribution >= 0.6 is 12.2 Å². The third-order valence-corrected chi connectivity index (χ3v) is 1.08. The number of rotatable bonds is 0. The molecule has 80 valence electrons. The van der Waals surface area contributed by atoms with Gasteiger partial charge in [-0.1, -0.05) is 0 Å². The van der Waals surface area contributed by atoms with Crippen molar-refractivity contribution in [2.24, 2.45) is 0 Å². The van der Waals surface area contributed by atoms with Crippen molar-refractivity contribution in [1.82, 2.24) is 9.97 Å². The Balaban J connectivity index is 0.000000292. The van der Waals surface area contributed by atoms with Crippen molar-refractivity contribution >= 4 is 34.1 Å². The van der Waals surface area contributed by atoms with Crippen LogP contribution in [0.2, 0.25) is 0 Å². The van der Waals surface area contributed by atoms with Gasteiger partial charge in [-0.2, -0.15) is 8.42 Å². The van der Waals surface area contributed by atoms with Gasteiger partial charge in [0.1, 0.15) is 5.82 Å². The molecule has 14 heavy (non-hydrogen) atoms. The van der Waals surface area contributed by atoms with E-state index in [0.717, 1.165) is 0 Å². The summed E-state index contributed by atoms with van der Waals surface area (Å²) in [6.07, 6.45) is 1.42. The summed E-state index contributed by atoms with van der Waals surface area (Å²) in [7, 11) is -4.67. The topological polar surface area (TPSA) is 155 Å². The lowest BCUT2D eigenvalue weighted by atomic mass is 10.5. The Labute approximate surface area is 84.5 Å². The van der Waals surface area contributed by atoms with Gasteiger partial charge < -0.3 is 16.5 Å². The standard InChI is InChI=1S/C4H6N4S.H2O4S/c5-2-1-7-4(9)8-3(2)6;1-5(2,3)4/h1H,5H2,(H3,6,7,8,9);(H2,1,2,3,4). The summed E-state index contributed by atoms with van der Waals surface area (Å²) < 4.78 is 31.9. The second-order valence-corrected chi connectivity index (χ2v) is 3.29. The first kappa shape index (κ1) is 12.8. The predicted molar refractivity (Wildman–Crippen MR) is 52.4 cm³/mol. The molecule has 1 aromatic rings. The third-order valence-electron chi connectivity index (χ3n) is 0.873. The van der Waals surface area contributed by atoms with Crippen molar-refractivity contribution < 1.29 is 17.5 Å². The summed E-state index contributed by atoms with van der Waals surface area (Å²) in [5.41, 5.74) is 11.1. The van der Waals surface area contributed by atoms with Crippen molar-refractivity contribution in [2.45, 2.75) is 0 Å². The first-order valence-electron chi connectivity index (χ1n) is 3.00. The molecule has 0 aliphatic carbocycles. The van der Waals surface area contributed by atoms with Crippen LogP contribution in [0.25, 0.3) is 0 Å². The number of H-pyrrole nitrogens is 1. The Bertz CT molecular complexity index is 445. The quantitative estimate of drug-likeness (QED) is 0.304. The monoisotopic (exact) mass is 240 g/mol. The zero-order valence-electron chi connectivity index (χ0n) is 6.71. The van der Waals surface area contributed by atoms with Crippen LogP contribution in [0.4, 0.5) is 11.5 Å². The molecule has 1 heterocycles. The molecule has 8 nitrogen and oxygen atoms in total. The van der Waals surface area contributed by atoms with Gasteiger partial charge in [0.15, 0.2) is 4.77 Å². The van der Waals surface area contributed by atoms with Crippen molar-refractivity contribution in [1.29, 1.82) is 0 Å². The summed E-state index contributed by atoms with van der Waals surface area (Å²) in [6, 6.07) is 0. The van der Waals surface area contributed by atoms with Crippen molar-refractivity contribution in [3.05, 3.63) is 11.0 Å². The number of hydrogen-bond donors (Lipinski definition) is 5. The van der Waals surface area contributed by atoms with E-state index >= 15 is 0 Å². The Hall–Kier alpha value is -1.23. The van der Waals surface area contributed by atoms with E-state index in [1.165, 1.54) is 6.20 Å². The molecule has 1 rings (SSSR count). The van der Waals surface area contributed by atoms with Gasteiger partial charge in [0.25, 0.3) is 0 Å². The minimum absolute atomic E-state index is 0.349. The highest BCUT2D eigenvalue weighted by Gasteiger charge is 1.89. The second-order valence-electron chi connectivity index (χ2n) is 2.01. The molecule has 0 atom stereocenters. The fraction of sp³-hybridized carbons (Fsp3) is 0. The SMILES string of the molecule is Nc1cnc(=S)[nH]c1N.O=S(=O)(O)O. The normalized spacial score (nSPS) is 10.1. The van der Waals surface area contributed by atoms with Gasteiger partial charge in [-0.25, -0.2) is 4.98 Å². The van der Waals surface area contributed by atoms with Crippen molar-refractivity contribution in [3.8, 4) is 0 Å². The second kappa shape index (κ2) is 4.85. The molecule has 0 unspecified atom stereocenters. The molecular weight excluding hydrogens is 232 g/mol. The maximum atomic E-state index is 8.74. The molecule has 0 aromatic carbocycles. The van der Waals surface area contributed by atoms with Crippen LogP contribution < -0.4 is 11.5 Å². The molecule has 1 aromatic heterocycles. The number of nitrogen functional groups attached to an aromatic ring is 2. The van der Waals surface area contributed by atoms with Crippen LogP contribution in [0.3, 0.4) is 0 Å². The molecule has 0 aliphatic rings. The van der Waals surface area contributed by atoms with E-state index < -0.39 is 10.4 Å². The van der Waals surface area contributed by atoms with Crippen LogP contribution in [0.1, 0.15) is 0 Å². The average molecular weight is 240 g/mol. The molecule has 0 bridgehead atoms. The first-order chi connectivity index (χ1) is 6.20. The molecular formula is C4H8N4O4S2. The van der Waals surface area contributed by atoms with E-state index in [9.17, 15) is 0 Å². The third kappa shape index (κ3) is 7.42. The van der Waals surface area contributed by atoms with Gasteiger partial charge >= 0.3 is 10.4 Å². The number of nitrogens with one attached hydrogen (secondary N) is 1. The number of hydrogen-bond acceptors (Lipinski definition) is 6. The first-order valence-corrected chi connectivity index (χ1v) is 4.81. The molecule has 0 amide bonds. The largest absolute Gasteiger partial charge is 0.395 e. The molecule has 0 aliphatic heterocycles. The lowest BCUT2D eigenvalue weighted by Crippen LogP contribution is -1.98. The maximum Gasteiger partial charge on any atom is 0.394 e. The molecule has 0 saturated carbocycles. The fourth-order valence-electron chi connectivity index (χ4n) is 0.417. The van der Waals surface area contributed by atoms with E-state index in [1.54, 1.807) is 0 Å². The van der Waals surface area contributed by atoms with Gasteiger partial charge in [-0.15, -0.1) is 0 Å². The smallest absolute Gasteiger partial charge is 0.394 e. The summed E-state index contributed by atoms with van der Waals surface area (Å²) in [4.78, 5) is 6.29. The molecule has 0 spiro atoms. The van der Waals surface area contributed by atoms with E-state index in [2.05, 4.69) is 22.2 Å². The molecule has 0 fully saturated rings. The van der Waals surface area contributed by atoms with E-state index in [0.29, 0.717) is 16.3 Å². The van der Waals surface area contributed by atoms with Gasteiger partial charge in [-0.05, 0) is 12.2 Å². The Morgan fingerprint density at radius 3 is 2.14 bits per heavy atom. The number of aromatic amines is 1. The highest BCUT2D eigenvalue weighted by atomic mass is 32.3. The van der Waals surface area contributed by atoms with Gasteiger partial charge in [0.2, 0.25) is 0 Å². The molecule has 0 radical (unpaired) electrons. The van der Waals surface area contributed by atoms with Crippen LogP contribution in [-0.4, -0.2) is 27.5 Å². The lowest BCUT2D eigenvalue weighted by Gasteiger charge is -1.94. The predicted octanol–water partition coefficient (Wildman–Crippen LogP) is -0.349. The van der Waals surface area contributed by atoms with Crippen LogP contribution in [0.15, 0.2) is 6.20 Å². The highest BCUT2D eigenvalue weighted by molar-refractivity contribution is 7.79. The number of anilines is 2. The van der Waals surface area contributed by atoms with Crippen LogP contribution in [0.5, 0.6) is 0 Å². The van der Waals surface area contributed by atoms with Gasteiger partial charge in [0, 0.05) is 0 Å². The lowest BCUT2D eigenvalue weighted by molar-refractivity contribution is 0.381. The molecule has 7 N–H and O–H groups in total. The van der Waals surface area contributed by atoms with Crippen LogP contribution in [-0.2, 0) is 10.4 Å². The van der Waals surface area contributed by atoms with E-state index in [-0.39, 0.29) is 0 Å². The summed E-state index contributed by atoms with van der Waals surface area (Å²) in [6.45, 7) is 0. The summed E-state index contributed by atoms with van der Waals surface area (Å²) >= 11 is 4.66. The van der Waals surface area contributed by atoms with Crippen molar-refractivity contribution in [2.75, 3.05) is 11.5 Å². The summed E-state index contributed by atoms with van der Waals surface area (Å²) in [5, 5.41) is 0. The van der Waals surface area contributed by atoms with Gasteiger partial charge in [-0.3, -0.25) is 9.11 Å². The van der Waals surface area contributed by atoms with Crippen molar-refractivity contribution in [3.63, 3.8) is 0 Å². The Morgan fingerprint density at radius 1 is 1.43 bits per heavy atom. The zero-order chi connectivity index (χ0) is 11.4. The minimum Gasteiger partial charge on any atom is -0.395 e. The zero-order valence-corrected chi connectivity index (χ0v) is 8.34. The van der Waals surface area contributed by atoms with Gasteiger partial charge in [0.05, 0.1) is 11.9 Å². The Morgan fingerprint density at radius 2 is 1.86 bits per heavy atom. The number of nitrogens with zero attached hydrogens (tertiary/aromatic N) is 1. The summed E-state index contributed by atoms with van der Waals surface area (Å²) in [5.74, 6) is 0.370.